The van der Waals surface area contributed by atoms with E-state index in [1.54, 1.807) is 11.3 Å². The molecule has 0 unspecified atom stereocenters. The Bertz CT molecular complexity index is 820. The molecule has 2 heterocycles. The van der Waals surface area contributed by atoms with E-state index >= 15 is 0 Å². The maximum absolute atomic E-state index is 4.64. The summed E-state index contributed by atoms with van der Waals surface area (Å²) in [5.41, 5.74) is 3.53. The third-order valence-electron chi connectivity index (χ3n) is 4.04. The van der Waals surface area contributed by atoms with E-state index in [0.29, 0.717) is 6.54 Å². The molecule has 0 saturated carbocycles. The number of benzene rings is 1. The number of guanidine groups is 1. The first-order chi connectivity index (χ1) is 12.3. The first-order valence-corrected chi connectivity index (χ1v) is 9.67. The number of nitrogens with zero attached hydrogens (tertiary/aromatic N) is 3. The van der Waals surface area contributed by atoms with Crippen LogP contribution in [0.4, 0.5) is 0 Å². The van der Waals surface area contributed by atoms with E-state index < -0.39 is 0 Å². The Labute approximate surface area is 152 Å². The standard InChI is InChI=1S/C19H25N5S/c1-3-20-19(22-13-16-9-12-25-14-16)21-10-6-11-24-15(2)23-17-7-4-5-8-18(17)24/h4-5,7-9,12,14H,3,6,10-11,13H2,1-2H3,(H2,20,21,22). The van der Waals surface area contributed by atoms with Crippen LogP contribution in [0.3, 0.4) is 0 Å². The van der Waals surface area contributed by atoms with Crippen molar-refractivity contribution in [2.24, 2.45) is 4.99 Å². The summed E-state index contributed by atoms with van der Waals surface area (Å²) in [7, 11) is 0. The van der Waals surface area contributed by atoms with Gasteiger partial charge in [0, 0.05) is 19.6 Å². The van der Waals surface area contributed by atoms with E-state index in [-0.39, 0.29) is 0 Å². The lowest BCUT2D eigenvalue weighted by atomic mass is 10.3. The number of aryl methyl sites for hydroxylation is 2. The van der Waals surface area contributed by atoms with Gasteiger partial charge in [0.15, 0.2) is 5.96 Å². The second-order valence-electron chi connectivity index (χ2n) is 5.91. The van der Waals surface area contributed by atoms with Crippen LogP contribution in [0.25, 0.3) is 11.0 Å². The zero-order chi connectivity index (χ0) is 17.5. The Morgan fingerprint density at radius 2 is 2.12 bits per heavy atom. The first-order valence-electron chi connectivity index (χ1n) is 8.73. The second-order valence-corrected chi connectivity index (χ2v) is 6.69. The molecule has 0 saturated heterocycles. The fourth-order valence-corrected chi connectivity index (χ4v) is 3.48. The number of thiophene rings is 1. The van der Waals surface area contributed by atoms with Crippen LogP contribution in [0.15, 0.2) is 46.1 Å². The van der Waals surface area contributed by atoms with Crippen molar-refractivity contribution < 1.29 is 0 Å². The van der Waals surface area contributed by atoms with Crippen molar-refractivity contribution >= 4 is 28.3 Å². The third-order valence-corrected chi connectivity index (χ3v) is 4.77. The van der Waals surface area contributed by atoms with E-state index in [0.717, 1.165) is 43.4 Å². The van der Waals surface area contributed by atoms with Crippen LogP contribution in [0.2, 0.25) is 0 Å². The first kappa shape index (κ1) is 17.5. The average molecular weight is 356 g/mol. The van der Waals surface area contributed by atoms with E-state index in [2.05, 4.69) is 74.1 Å². The maximum atomic E-state index is 4.64. The highest BCUT2D eigenvalue weighted by Gasteiger charge is 2.06. The normalized spacial score (nSPS) is 11.8. The van der Waals surface area contributed by atoms with Crippen molar-refractivity contribution in [2.75, 3.05) is 13.1 Å². The molecular weight excluding hydrogens is 330 g/mol. The minimum absolute atomic E-state index is 0.712. The van der Waals surface area contributed by atoms with Crippen LogP contribution >= 0.6 is 11.3 Å². The topological polar surface area (TPSA) is 54.2 Å². The van der Waals surface area contributed by atoms with Gasteiger partial charge in [0.2, 0.25) is 0 Å². The summed E-state index contributed by atoms with van der Waals surface area (Å²) in [6.07, 6.45) is 1.02. The minimum atomic E-state index is 0.712. The monoisotopic (exact) mass is 355 g/mol. The molecule has 25 heavy (non-hydrogen) atoms. The Hall–Kier alpha value is -2.34. The number of hydrogen-bond donors (Lipinski definition) is 2. The number of fused-ring (bicyclic) bond motifs is 1. The van der Waals surface area contributed by atoms with E-state index in [9.17, 15) is 0 Å². The van der Waals surface area contributed by atoms with E-state index in [1.165, 1.54) is 11.1 Å². The molecule has 0 fully saturated rings. The van der Waals surface area contributed by atoms with Crippen molar-refractivity contribution in [2.45, 2.75) is 33.4 Å². The van der Waals surface area contributed by atoms with E-state index in [4.69, 9.17) is 0 Å². The Kier molecular flexibility index (Phi) is 6.06. The van der Waals surface area contributed by atoms with Crippen molar-refractivity contribution in [3.8, 4) is 0 Å². The highest BCUT2D eigenvalue weighted by atomic mass is 32.1. The van der Waals surface area contributed by atoms with Gasteiger partial charge in [-0.15, -0.1) is 0 Å². The highest BCUT2D eigenvalue weighted by molar-refractivity contribution is 7.07. The molecule has 1 aromatic carbocycles. The summed E-state index contributed by atoms with van der Waals surface area (Å²) in [6, 6.07) is 10.4. The molecule has 0 aliphatic rings. The molecule has 0 bridgehead atoms. The third kappa shape index (κ3) is 4.60. The van der Waals surface area contributed by atoms with Gasteiger partial charge in [0.1, 0.15) is 5.82 Å². The molecule has 2 N–H and O–H groups in total. The van der Waals surface area contributed by atoms with Gasteiger partial charge in [0.05, 0.1) is 17.6 Å². The second kappa shape index (κ2) is 8.67. The molecule has 3 rings (SSSR count). The maximum Gasteiger partial charge on any atom is 0.191 e. The number of rotatable bonds is 7. The molecule has 3 aromatic rings. The molecule has 0 amide bonds. The molecule has 0 radical (unpaired) electrons. The zero-order valence-electron chi connectivity index (χ0n) is 14.8. The van der Waals surface area contributed by atoms with Gasteiger partial charge in [-0.1, -0.05) is 12.1 Å². The van der Waals surface area contributed by atoms with Crippen molar-refractivity contribution in [3.05, 3.63) is 52.5 Å². The average Bonchev–Trinajstić information content (AvgIpc) is 3.24. The number of aromatic nitrogens is 2. The Morgan fingerprint density at radius 1 is 1.24 bits per heavy atom. The molecule has 0 aliphatic carbocycles. The fourth-order valence-electron chi connectivity index (χ4n) is 2.82. The summed E-state index contributed by atoms with van der Waals surface area (Å²) in [6.45, 7) is 7.55. The van der Waals surface area contributed by atoms with Crippen molar-refractivity contribution in [1.82, 2.24) is 20.2 Å². The molecular formula is C19H25N5S. The summed E-state index contributed by atoms with van der Waals surface area (Å²) in [5, 5.41) is 10.9. The number of nitrogens with one attached hydrogen (secondary N) is 2. The number of aliphatic imine (C=N–C) groups is 1. The highest BCUT2D eigenvalue weighted by Crippen LogP contribution is 2.15. The predicted molar refractivity (Wildman–Crippen MR) is 106 cm³/mol. The number of imidazole rings is 1. The summed E-state index contributed by atoms with van der Waals surface area (Å²) < 4.78 is 2.28. The summed E-state index contributed by atoms with van der Waals surface area (Å²) in [4.78, 5) is 9.26. The number of para-hydroxylation sites is 2. The summed E-state index contributed by atoms with van der Waals surface area (Å²) >= 11 is 1.71. The molecule has 5 nitrogen and oxygen atoms in total. The molecule has 0 spiro atoms. The zero-order valence-corrected chi connectivity index (χ0v) is 15.6. The van der Waals surface area contributed by atoms with Crippen LogP contribution in [-0.2, 0) is 13.1 Å². The molecule has 6 heteroatoms. The van der Waals surface area contributed by atoms with Crippen molar-refractivity contribution in [3.63, 3.8) is 0 Å². The lowest BCUT2D eigenvalue weighted by molar-refractivity contribution is 0.624. The molecule has 132 valence electrons. The van der Waals surface area contributed by atoms with E-state index in [1.807, 2.05) is 6.07 Å². The quantitative estimate of drug-likeness (QED) is 0.387. The van der Waals surface area contributed by atoms with Crippen LogP contribution < -0.4 is 10.6 Å². The van der Waals surface area contributed by atoms with Crippen molar-refractivity contribution in [1.29, 1.82) is 0 Å². The van der Waals surface area contributed by atoms with Crippen LogP contribution in [0.1, 0.15) is 24.7 Å². The lowest BCUT2D eigenvalue weighted by Gasteiger charge is -2.12. The minimum Gasteiger partial charge on any atom is -0.357 e. The summed E-state index contributed by atoms with van der Waals surface area (Å²) in [5.74, 6) is 1.94. The molecule has 2 aromatic heterocycles. The van der Waals surface area contributed by atoms with Crippen LogP contribution in [0, 0.1) is 6.92 Å². The van der Waals surface area contributed by atoms with Crippen LogP contribution in [0.5, 0.6) is 0 Å². The van der Waals surface area contributed by atoms with Gasteiger partial charge in [-0.2, -0.15) is 11.3 Å². The molecule has 0 aliphatic heterocycles. The largest absolute Gasteiger partial charge is 0.357 e. The fraction of sp³-hybridized carbons (Fsp3) is 0.368. The SMILES string of the molecule is CCNC(=NCc1ccsc1)NCCCn1c(C)nc2ccccc21. The Morgan fingerprint density at radius 3 is 2.92 bits per heavy atom. The van der Waals surface area contributed by atoms with Gasteiger partial charge in [-0.25, -0.2) is 9.98 Å². The van der Waals surface area contributed by atoms with Gasteiger partial charge in [0.25, 0.3) is 0 Å². The van der Waals surface area contributed by atoms with Gasteiger partial charge in [-0.3, -0.25) is 0 Å². The molecule has 0 atom stereocenters. The lowest BCUT2D eigenvalue weighted by Crippen LogP contribution is -2.38. The Balaban J connectivity index is 1.53. The smallest absolute Gasteiger partial charge is 0.191 e. The van der Waals surface area contributed by atoms with Gasteiger partial charge >= 0.3 is 0 Å². The van der Waals surface area contributed by atoms with Crippen LogP contribution in [-0.4, -0.2) is 28.6 Å². The number of hydrogen-bond acceptors (Lipinski definition) is 3. The predicted octanol–water partition coefficient (Wildman–Crippen LogP) is 3.55. The van der Waals surface area contributed by atoms with Gasteiger partial charge in [-0.05, 0) is 54.8 Å². The van der Waals surface area contributed by atoms with Gasteiger partial charge < -0.3 is 15.2 Å².